The number of nitro benzene ring substituents is 1. The highest BCUT2D eigenvalue weighted by Crippen LogP contribution is 2.28. The molecule has 0 radical (unpaired) electrons. The zero-order valence-corrected chi connectivity index (χ0v) is 10.5. The first-order valence-electron chi connectivity index (χ1n) is 5.38. The van der Waals surface area contributed by atoms with E-state index < -0.39 is 14.8 Å². The van der Waals surface area contributed by atoms with E-state index in [0.717, 1.165) is 19.1 Å². The Morgan fingerprint density at radius 3 is 2.56 bits per heavy atom. The molecule has 18 heavy (non-hydrogen) atoms. The van der Waals surface area contributed by atoms with E-state index in [1.54, 1.807) is 0 Å². The first kappa shape index (κ1) is 12.6. The van der Waals surface area contributed by atoms with Crippen molar-refractivity contribution in [2.24, 2.45) is 5.92 Å². The van der Waals surface area contributed by atoms with E-state index >= 15 is 0 Å². The Hall–Kier alpha value is -1.87. The summed E-state index contributed by atoms with van der Waals surface area (Å²) in [6, 6.07) is 3.69. The topological polar surface area (TPSA) is 77.3 Å². The molecule has 1 aliphatic carbocycles. The summed E-state index contributed by atoms with van der Waals surface area (Å²) in [4.78, 5) is 10.3. The van der Waals surface area contributed by atoms with Crippen molar-refractivity contribution in [1.29, 1.82) is 0 Å². The van der Waals surface area contributed by atoms with Crippen LogP contribution < -0.4 is 0 Å². The molecule has 1 aromatic rings. The first-order valence-corrected chi connectivity index (χ1v) is 7.27. The lowest BCUT2D eigenvalue weighted by Crippen LogP contribution is -2.00. The summed E-state index contributed by atoms with van der Waals surface area (Å²) >= 11 is 0. The largest absolute Gasteiger partial charge is 0.285 e. The van der Waals surface area contributed by atoms with E-state index in [0.29, 0.717) is 5.92 Å². The zero-order chi connectivity index (χ0) is 13.3. The predicted octanol–water partition coefficient (Wildman–Crippen LogP) is 1.76. The maximum Gasteiger partial charge on any atom is 0.285 e. The first-order chi connectivity index (χ1) is 8.38. The molecule has 94 valence electrons. The molecule has 0 spiro atoms. The van der Waals surface area contributed by atoms with E-state index in [-0.39, 0.29) is 16.1 Å². The van der Waals surface area contributed by atoms with Crippen molar-refractivity contribution < 1.29 is 13.3 Å². The number of hydrogen-bond donors (Lipinski definition) is 0. The monoisotopic (exact) mass is 265 g/mol. The van der Waals surface area contributed by atoms with Gasteiger partial charge >= 0.3 is 0 Å². The van der Waals surface area contributed by atoms with E-state index in [9.17, 15) is 18.5 Å². The predicted molar refractivity (Wildman–Crippen MR) is 65.8 cm³/mol. The normalized spacial score (nSPS) is 14.7. The van der Waals surface area contributed by atoms with Gasteiger partial charge in [-0.2, -0.15) is 0 Å². The van der Waals surface area contributed by atoms with E-state index in [1.165, 1.54) is 18.2 Å². The van der Waals surface area contributed by atoms with Crippen LogP contribution in [0.25, 0.3) is 0 Å². The van der Waals surface area contributed by atoms with Gasteiger partial charge in [0.15, 0.2) is 9.84 Å². The number of hydrogen-bond acceptors (Lipinski definition) is 4. The average Bonchev–Trinajstić information content (AvgIpc) is 3.08. The van der Waals surface area contributed by atoms with E-state index in [1.807, 2.05) is 0 Å². The summed E-state index contributed by atoms with van der Waals surface area (Å²) in [5.74, 6) is 5.91. The van der Waals surface area contributed by atoms with Crippen molar-refractivity contribution in [2.75, 3.05) is 6.26 Å². The molecule has 0 amide bonds. The molecule has 1 fully saturated rings. The van der Waals surface area contributed by atoms with Crippen LogP contribution in [0.3, 0.4) is 0 Å². The van der Waals surface area contributed by atoms with Gasteiger partial charge in [0.1, 0.15) is 5.56 Å². The number of sulfone groups is 1. The van der Waals surface area contributed by atoms with Crippen molar-refractivity contribution in [3.8, 4) is 11.8 Å². The summed E-state index contributed by atoms with van der Waals surface area (Å²) in [7, 11) is -3.38. The van der Waals surface area contributed by atoms with Crippen LogP contribution >= 0.6 is 0 Å². The van der Waals surface area contributed by atoms with E-state index in [4.69, 9.17) is 0 Å². The Bertz CT molecular complexity index is 663. The zero-order valence-electron chi connectivity index (χ0n) is 9.71. The minimum absolute atomic E-state index is 0.0493. The van der Waals surface area contributed by atoms with Crippen LogP contribution in [-0.2, 0) is 9.84 Å². The van der Waals surface area contributed by atoms with Crippen LogP contribution in [0.5, 0.6) is 0 Å². The average molecular weight is 265 g/mol. The second-order valence-corrected chi connectivity index (χ2v) is 6.27. The lowest BCUT2D eigenvalue weighted by Gasteiger charge is -2.00. The molecule has 0 aromatic heterocycles. The molecule has 0 bridgehead atoms. The Kier molecular flexibility index (Phi) is 3.09. The molecule has 0 aliphatic heterocycles. The van der Waals surface area contributed by atoms with Gasteiger partial charge in [0.05, 0.1) is 9.82 Å². The molecule has 5 nitrogen and oxygen atoms in total. The Morgan fingerprint density at radius 2 is 2.06 bits per heavy atom. The molecular weight excluding hydrogens is 254 g/mol. The summed E-state index contributed by atoms with van der Waals surface area (Å²) in [6.45, 7) is 0. The van der Waals surface area contributed by atoms with Gasteiger partial charge in [-0.1, -0.05) is 11.8 Å². The fourth-order valence-corrected chi connectivity index (χ4v) is 2.06. The highest BCUT2D eigenvalue weighted by Gasteiger charge is 2.20. The minimum Gasteiger partial charge on any atom is -0.258 e. The van der Waals surface area contributed by atoms with Crippen LogP contribution in [0.1, 0.15) is 18.4 Å². The molecule has 0 N–H and O–H groups in total. The van der Waals surface area contributed by atoms with E-state index in [2.05, 4.69) is 11.8 Å². The fraction of sp³-hybridized carbons (Fsp3) is 0.333. The summed E-state index contributed by atoms with van der Waals surface area (Å²) in [5.41, 5.74) is 0.00498. The van der Waals surface area contributed by atoms with Gasteiger partial charge in [-0.15, -0.1) is 0 Å². The highest BCUT2D eigenvalue weighted by atomic mass is 32.2. The Morgan fingerprint density at radius 1 is 1.39 bits per heavy atom. The van der Waals surface area contributed by atoms with Crippen molar-refractivity contribution in [2.45, 2.75) is 17.7 Å². The van der Waals surface area contributed by atoms with Gasteiger partial charge < -0.3 is 0 Å². The fourth-order valence-electron chi connectivity index (χ4n) is 1.41. The molecule has 1 aliphatic rings. The molecule has 2 rings (SSSR count). The van der Waals surface area contributed by atoms with Crippen LogP contribution in [0.2, 0.25) is 0 Å². The summed E-state index contributed by atoms with van der Waals surface area (Å²) in [5, 5.41) is 10.8. The Balaban J connectivity index is 2.51. The van der Waals surface area contributed by atoms with Crippen LogP contribution in [0.4, 0.5) is 5.69 Å². The number of rotatable bonds is 2. The summed E-state index contributed by atoms with van der Waals surface area (Å²) in [6.07, 6.45) is 3.07. The number of nitrogens with zero attached hydrogens (tertiary/aromatic N) is 1. The van der Waals surface area contributed by atoms with Crippen LogP contribution in [0, 0.1) is 27.9 Å². The SMILES string of the molecule is CS(=O)(=O)c1ccc([N+](=O)[O-])c(C#CC2CC2)c1. The molecule has 0 heterocycles. The molecular formula is C12H11NO4S. The molecule has 0 atom stereocenters. The maximum atomic E-state index is 11.4. The van der Waals surface area contributed by atoms with Crippen LogP contribution in [-0.4, -0.2) is 19.6 Å². The smallest absolute Gasteiger partial charge is 0.258 e. The third-order valence-electron chi connectivity index (χ3n) is 2.58. The lowest BCUT2D eigenvalue weighted by atomic mass is 10.2. The lowest BCUT2D eigenvalue weighted by molar-refractivity contribution is -0.385. The third-order valence-corrected chi connectivity index (χ3v) is 3.69. The second kappa shape index (κ2) is 4.42. The van der Waals surface area contributed by atoms with Crippen molar-refractivity contribution in [1.82, 2.24) is 0 Å². The standard InChI is InChI=1S/C12H11NO4S/c1-18(16,17)11-6-7-12(13(14)15)10(8-11)5-4-9-2-3-9/h6-9H,2-3H2,1H3. The van der Waals surface area contributed by atoms with Gasteiger partial charge in [-0.3, -0.25) is 10.1 Å². The summed E-state index contributed by atoms with van der Waals surface area (Å²) < 4.78 is 22.8. The second-order valence-electron chi connectivity index (χ2n) is 4.25. The quantitative estimate of drug-likeness (QED) is 0.464. The van der Waals surface area contributed by atoms with Gasteiger partial charge in [0.2, 0.25) is 0 Å². The molecule has 0 saturated heterocycles. The number of benzene rings is 1. The van der Waals surface area contributed by atoms with Gasteiger partial charge in [0.25, 0.3) is 5.69 Å². The third kappa shape index (κ3) is 2.87. The van der Waals surface area contributed by atoms with Crippen molar-refractivity contribution in [3.63, 3.8) is 0 Å². The van der Waals surface area contributed by atoms with Crippen LogP contribution in [0.15, 0.2) is 23.1 Å². The van der Waals surface area contributed by atoms with Crippen molar-refractivity contribution in [3.05, 3.63) is 33.9 Å². The molecule has 6 heteroatoms. The highest BCUT2D eigenvalue weighted by molar-refractivity contribution is 7.90. The number of nitro groups is 1. The minimum atomic E-state index is -3.38. The van der Waals surface area contributed by atoms with Gasteiger partial charge in [-0.25, -0.2) is 8.42 Å². The van der Waals surface area contributed by atoms with Gasteiger partial charge in [-0.05, 0) is 25.0 Å². The van der Waals surface area contributed by atoms with Gasteiger partial charge in [0, 0.05) is 18.2 Å². The molecule has 1 saturated carbocycles. The molecule has 0 unspecified atom stereocenters. The maximum absolute atomic E-state index is 11.4. The molecule has 1 aromatic carbocycles. The Labute approximate surface area is 105 Å². The van der Waals surface area contributed by atoms with Crippen molar-refractivity contribution >= 4 is 15.5 Å².